The highest BCUT2D eigenvalue weighted by molar-refractivity contribution is 9.10. The van der Waals surface area contributed by atoms with E-state index >= 15 is 0 Å². The number of halogens is 1. The van der Waals surface area contributed by atoms with E-state index in [-0.39, 0.29) is 0 Å². The monoisotopic (exact) mass is 250 g/mol. The van der Waals surface area contributed by atoms with Gasteiger partial charge in [0, 0.05) is 9.35 Å². The molecule has 0 spiro atoms. The van der Waals surface area contributed by atoms with Crippen LogP contribution in [0.15, 0.2) is 15.9 Å². The molecule has 68 valence electrons. The number of aliphatic hydroxyl groups excluding tert-OH is 2. The van der Waals surface area contributed by atoms with E-state index in [0.717, 1.165) is 9.35 Å². The molecule has 1 heterocycles. The zero-order valence-corrected chi connectivity index (χ0v) is 9.10. The van der Waals surface area contributed by atoms with Crippen molar-refractivity contribution in [2.45, 2.75) is 25.6 Å². The number of aliphatic hydroxyl groups is 2. The van der Waals surface area contributed by atoms with Crippen molar-refractivity contribution < 1.29 is 10.2 Å². The van der Waals surface area contributed by atoms with Crippen molar-refractivity contribution in [1.29, 1.82) is 0 Å². The Labute approximate surface area is 84.0 Å². The van der Waals surface area contributed by atoms with Crippen molar-refractivity contribution in [3.8, 4) is 0 Å². The molecule has 0 aliphatic heterocycles. The fourth-order valence-electron chi connectivity index (χ4n) is 0.914. The molecule has 0 bridgehead atoms. The van der Waals surface area contributed by atoms with Crippen molar-refractivity contribution >= 4 is 27.3 Å². The molecule has 0 saturated heterocycles. The van der Waals surface area contributed by atoms with E-state index in [2.05, 4.69) is 15.9 Å². The fraction of sp³-hybridized carbons (Fsp3) is 0.500. The third-order valence-electron chi connectivity index (χ3n) is 1.70. The lowest BCUT2D eigenvalue weighted by Gasteiger charge is -2.14. The normalized spacial score (nSPS) is 16.0. The Morgan fingerprint density at radius 3 is 2.67 bits per heavy atom. The first-order chi connectivity index (χ1) is 5.66. The minimum Gasteiger partial charge on any atom is -0.390 e. The van der Waals surface area contributed by atoms with Gasteiger partial charge in [-0.25, -0.2) is 0 Å². The Hall–Kier alpha value is 0.100. The van der Waals surface area contributed by atoms with Gasteiger partial charge in [0.1, 0.15) is 6.10 Å². The Morgan fingerprint density at radius 1 is 1.58 bits per heavy atom. The van der Waals surface area contributed by atoms with Crippen LogP contribution in [-0.2, 0) is 0 Å². The average molecular weight is 251 g/mol. The minimum atomic E-state index is -0.760. The lowest BCUT2D eigenvalue weighted by Crippen LogP contribution is -2.15. The van der Waals surface area contributed by atoms with Gasteiger partial charge in [-0.3, -0.25) is 0 Å². The first kappa shape index (κ1) is 10.2. The Morgan fingerprint density at radius 2 is 2.25 bits per heavy atom. The van der Waals surface area contributed by atoms with Crippen LogP contribution in [0.1, 0.15) is 24.3 Å². The summed E-state index contributed by atoms with van der Waals surface area (Å²) in [5.74, 6) is 0. The summed E-state index contributed by atoms with van der Waals surface area (Å²) in [4.78, 5) is 0.796. The predicted molar refractivity (Wildman–Crippen MR) is 53.3 cm³/mol. The van der Waals surface area contributed by atoms with Crippen LogP contribution in [0.4, 0.5) is 0 Å². The van der Waals surface area contributed by atoms with Gasteiger partial charge in [0.2, 0.25) is 0 Å². The molecular weight excluding hydrogens is 240 g/mol. The van der Waals surface area contributed by atoms with E-state index in [0.29, 0.717) is 6.42 Å². The first-order valence-corrected chi connectivity index (χ1v) is 5.43. The molecule has 0 aliphatic carbocycles. The van der Waals surface area contributed by atoms with E-state index in [1.807, 2.05) is 18.4 Å². The van der Waals surface area contributed by atoms with Gasteiger partial charge in [-0.15, -0.1) is 11.3 Å². The van der Waals surface area contributed by atoms with Crippen LogP contribution in [0.3, 0.4) is 0 Å². The van der Waals surface area contributed by atoms with Crippen molar-refractivity contribution in [3.05, 3.63) is 20.8 Å². The van der Waals surface area contributed by atoms with Crippen LogP contribution in [0.2, 0.25) is 0 Å². The minimum absolute atomic E-state index is 0.561. The molecule has 1 aromatic heterocycles. The quantitative estimate of drug-likeness (QED) is 0.865. The van der Waals surface area contributed by atoms with E-state index in [9.17, 15) is 10.2 Å². The molecule has 1 aromatic rings. The maximum absolute atomic E-state index is 9.59. The lowest BCUT2D eigenvalue weighted by molar-refractivity contribution is 0.0182. The summed E-state index contributed by atoms with van der Waals surface area (Å²) < 4.78 is 0.868. The number of hydrogen-bond donors (Lipinski definition) is 2. The van der Waals surface area contributed by atoms with Gasteiger partial charge < -0.3 is 10.2 Å². The number of rotatable bonds is 3. The summed E-state index contributed by atoms with van der Waals surface area (Å²) in [5, 5.41) is 20.8. The lowest BCUT2D eigenvalue weighted by atomic mass is 10.1. The van der Waals surface area contributed by atoms with Crippen molar-refractivity contribution in [3.63, 3.8) is 0 Å². The third-order valence-corrected chi connectivity index (χ3v) is 3.64. The Kier molecular flexibility index (Phi) is 3.71. The summed E-state index contributed by atoms with van der Waals surface area (Å²) in [7, 11) is 0. The largest absolute Gasteiger partial charge is 0.390 e. The van der Waals surface area contributed by atoms with Gasteiger partial charge in [-0.1, -0.05) is 6.92 Å². The molecule has 0 aromatic carbocycles. The summed E-state index contributed by atoms with van der Waals surface area (Å²) in [5.41, 5.74) is 0. The maximum atomic E-state index is 9.59. The molecule has 0 aliphatic rings. The molecule has 1 rings (SSSR count). The fourth-order valence-corrected chi connectivity index (χ4v) is 2.56. The van der Waals surface area contributed by atoms with Crippen molar-refractivity contribution in [2.75, 3.05) is 0 Å². The standard InChI is InChI=1S/C8H11BrO2S/c1-2-6(10)7(11)8-5(9)3-4-12-8/h3-4,6-7,10-11H,2H2,1H3. The molecular formula is C8H11BrO2S. The zero-order chi connectivity index (χ0) is 9.14. The Balaban J connectivity index is 2.77. The molecule has 4 heteroatoms. The van der Waals surface area contributed by atoms with Gasteiger partial charge in [-0.05, 0) is 33.8 Å². The number of hydrogen-bond acceptors (Lipinski definition) is 3. The van der Waals surface area contributed by atoms with Crippen LogP contribution in [0.5, 0.6) is 0 Å². The molecule has 2 N–H and O–H groups in total. The second-order valence-corrected chi connectivity index (χ2v) is 4.36. The van der Waals surface area contributed by atoms with E-state index in [1.54, 1.807) is 0 Å². The molecule has 0 amide bonds. The first-order valence-electron chi connectivity index (χ1n) is 3.75. The van der Waals surface area contributed by atoms with Crippen LogP contribution in [0, 0.1) is 0 Å². The van der Waals surface area contributed by atoms with Crippen molar-refractivity contribution in [1.82, 2.24) is 0 Å². The van der Waals surface area contributed by atoms with Crippen LogP contribution in [-0.4, -0.2) is 16.3 Å². The second kappa shape index (κ2) is 4.37. The predicted octanol–water partition coefficient (Wildman–Crippen LogP) is 2.31. The molecule has 2 atom stereocenters. The van der Waals surface area contributed by atoms with Gasteiger partial charge in [-0.2, -0.15) is 0 Å². The highest BCUT2D eigenvalue weighted by atomic mass is 79.9. The maximum Gasteiger partial charge on any atom is 0.115 e. The zero-order valence-electron chi connectivity index (χ0n) is 6.70. The molecule has 12 heavy (non-hydrogen) atoms. The van der Waals surface area contributed by atoms with E-state index in [4.69, 9.17) is 0 Å². The summed E-state index contributed by atoms with van der Waals surface area (Å²) in [6.07, 6.45) is -0.866. The van der Waals surface area contributed by atoms with Gasteiger partial charge >= 0.3 is 0 Å². The number of thiophene rings is 1. The van der Waals surface area contributed by atoms with E-state index in [1.165, 1.54) is 11.3 Å². The van der Waals surface area contributed by atoms with E-state index < -0.39 is 12.2 Å². The van der Waals surface area contributed by atoms with Crippen molar-refractivity contribution in [2.24, 2.45) is 0 Å². The van der Waals surface area contributed by atoms with Gasteiger partial charge in [0.15, 0.2) is 0 Å². The Bertz CT molecular complexity index is 249. The van der Waals surface area contributed by atoms with Crippen LogP contribution < -0.4 is 0 Å². The summed E-state index contributed by atoms with van der Waals surface area (Å²) >= 11 is 4.75. The highest BCUT2D eigenvalue weighted by Gasteiger charge is 2.19. The average Bonchev–Trinajstić information content (AvgIpc) is 2.48. The van der Waals surface area contributed by atoms with Crippen LogP contribution >= 0.6 is 27.3 Å². The molecule has 2 unspecified atom stereocenters. The SMILES string of the molecule is CCC(O)C(O)c1sccc1Br. The second-order valence-electron chi connectivity index (χ2n) is 2.55. The summed E-state index contributed by atoms with van der Waals surface area (Å²) in [6.45, 7) is 1.84. The topological polar surface area (TPSA) is 40.5 Å². The summed E-state index contributed by atoms with van der Waals surface area (Å²) in [6, 6.07) is 1.87. The smallest absolute Gasteiger partial charge is 0.115 e. The highest BCUT2D eigenvalue weighted by Crippen LogP contribution is 2.31. The van der Waals surface area contributed by atoms with Gasteiger partial charge in [0.25, 0.3) is 0 Å². The molecule has 0 fully saturated rings. The molecule has 0 saturated carbocycles. The van der Waals surface area contributed by atoms with Gasteiger partial charge in [0.05, 0.1) is 6.10 Å². The molecule has 2 nitrogen and oxygen atoms in total. The van der Waals surface area contributed by atoms with Crippen LogP contribution in [0.25, 0.3) is 0 Å². The third kappa shape index (κ3) is 2.07. The molecule has 0 radical (unpaired) electrons.